The Morgan fingerprint density at radius 3 is 2.79 bits per heavy atom. The van der Waals surface area contributed by atoms with Gasteiger partial charge in [-0.3, -0.25) is 14.3 Å². The zero-order valence-corrected chi connectivity index (χ0v) is 14.1. The van der Waals surface area contributed by atoms with Gasteiger partial charge in [0.1, 0.15) is 10.7 Å². The van der Waals surface area contributed by atoms with E-state index in [4.69, 9.17) is 9.84 Å². The summed E-state index contributed by atoms with van der Waals surface area (Å²) in [6.45, 7) is 2.03. The molecule has 2 heterocycles. The molecule has 2 N–H and O–H groups in total. The van der Waals surface area contributed by atoms with Crippen LogP contribution in [0.2, 0.25) is 0 Å². The number of aliphatic carboxylic acids is 1. The van der Waals surface area contributed by atoms with Crippen LogP contribution in [0.15, 0.2) is 18.3 Å². The number of hydrogen-bond acceptors (Lipinski definition) is 6. The number of carboxylic acids is 1. The summed E-state index contributed by atoms with van der Waals surface area (Å²) < 4.78 is 6.04. The molecule has 0 aliphatic rings. The Morgan fingerprint density at radius 1 is 1.42 bits per heavy atom. The fourth-order valence-electron chi connectivity index (χ4n) is 2.04. The first kappa shape index (κ1) is 17.7. The molecule has 24 heavy (non-hydrogen) atoms. The molecule has 8 nitrogen and oxygen atoms in total. The van der Waals surface area contributed by atoms with Gasteiger partial charge in [0.2, 0.25) is 0 Å². The van der Waals surface area contributed by atoms with Crippen molar-refractivity contribution in [2.75, 3.05) is 12.4 Å². The van der Waals surface area contributed by atoms with Crippen LogP contribution in [0.5, 0.6) is 0 Å². The number of amides is 1. The molecule has 128 valence electrons. The normalized spacial score (nSPS) is 10.4. The summed E-state index contributed by atoms with van der Waals surface area (Å²) in [6.07, 6.45) is 2.00. The lowest BCUT2D eigenvalue weighted by atomic mass is 10.2. The van der Waals surface area contributed by atoms with Crippen LogP contribution in [0.3, 0.4) is 0 Å². The lowest BCUT2D eigenvalue weighted by Gasteiger charge is -2.07. The molecule has 0 unspecified atom stereocenters. The lowest BCUT2D eigenvalue weighted by Crippen LogP contribution is -2.19. The molecule has 0 spiro atoms. The molecule has 9 heteroatoms. The summed E-state index contributed by atoms with van der Waals surface area (Å²) in [5, 5.41) is 15.8. The Balaban J connectivity index is 2.21. The molecule has 0 aromatic carbocycles. The summed E-state index contributed by atoms with van der Waals surface area (Å²) in [6, 6.07) is 3.18. The number of aryl methyl sites for hydroxylation is 2. The van der Waals surface area contributed by atoms with Gasteiger partial charge in [0.15, 0.2) is 0 Å². The maximum absolute atomic E-state index is 12.4. The third-order valence-electron chi connectivity index (χ3n) is 3.25. The molecule has 0 atom stereocenters. The summed E-state index contributed by atoms with van der Waals surface area (Å²) in [7, 11) is 1.28. The van der Waals surface area contributed by atoms with Gasteiger partial charge >= 0.3 is 11.9 Å². The zero-order chi connectivity index (χ0) is 17.7. The first-order chi connectivity index (χ1) is 11.5. The predicted molar refractivity (Wildman–Crippen MR) is 87.5 cm³/mol. The largest absolute Gasteiger partial charge is 0.481 e. The zero-order valence-electron chi connectivity index (χ0n) is 13.2. The van der Waals surface area contributed by atoms with Gasteiger partial charge in [-0.15, -0.1) is 11.3 Å². The van der Waals surface area contributed by atoms with E-state index >= 15 is 0 Å². The van der Waals surface area contributed by atoms with Crippen LogP contribution in [0.25, 0.3) is 0 Å². The Hall–Kier alpha value is -2.68. The molecule has 2 aromatic heterocycles. The first-order valence-corrected chi connectivity index (χ1v) is 8.03. The molecule has 0 saturated heterocycles. The van der Waals surface area contributed by atoms with Gasteiger partial charge < -0.3 is 15.2 Å². The van der Waals surface area contributed by atoms with E-state index in [1.54, 1.807) is 6.07 Å². The van der Waals surface area contributed by atoms with E-state index < -0.39 is 17.8 Å². The Morgan fingerprint density at radius 2 is 2.17 bits per heavy atom. The molecule has 0 saturated carbocycles. The van der Waals surface area contributed by atoms with Crippen molar-refractivity contribution in [3.63, 3.8) is 0 Å². The molecule has 0 aliphatic heterocycles. The van der Waals surface area contributed by atoms with Gasteiger partial charge in [-0.2, -0.15) is 5.10 Å². The molecule has 2 aromatic rings. The van der Waals surface area contributed by atoms with E-state index in [0.717, 1.165) is 11.3 Å². The summed E-state index contributed by atoms with van der Waals surface area (Å²) in [5.41, 5.74) is 0.516. The van der Waals surface area contributed by atoms with Crippen molar-refractivity contribution in [2.24, 2.45) is 0 Å². The van der Waals surface area contributed by atoms with Crippen molar-refractivity contribution in [2.45, 2.75) is 26.3 Å². The van der Waals surface area contributed by atoms with Crippen molar-refractivity contribution < 1.29 is 24.2 Å². The van der Waals surface area contributed by atoms with Crippen LogP contribution in [0.1, 0.15) is 39.1 Å². The average Bonchev–Trinajstić information content (AvgIpc) is 3.18. The molecule has 0 radical (unpaired) electrons. The quantitative estimate of drug-likeness (QED) is 0.738. The van der Waals surface area contributed by atoms with E-state index in [1.807, 2.05) is 6.92 Å². The summed E-state index contributed by atoms with van der Waals surface area (Å²) in [5.74, 6) is -1.97. The average molecular weight is 351 g/mol. The van der Waals surface area contributed by atoms with E-state index in [2.05, 4.69) is 10.4 Å². The van der Waals surface area contributed by atoms with Crippen molar-refractivity contribution in [1.82, 2.24) is 9.78 Å². The molecule has 0 aliphatic carbocycles. The monoisotopic (exact) mass is 351 g/mol. The van der Waals surface area contributed by atoms with Crippen LogP contribution in [-0.4, -0.2) is 39.8 Å². The van der Waals surface area contributed by atoms with E-state index in [1.165, 1.54) is 35.4 Å². The van der Waals surface area contributed by atoms with Gasteiger partial charge in [-0.1, -0.05) is 6.92 Å². The number of nitrogens with zero attached hydrogens (tertiary/aromatic N) is 2. The number of rotatable bonds is 7. The second-order valence-electron chi connectivity index (χ2n) is 4.84. The van der Waals surface area contributed by atoms with Crippen LogP contribution in [0, 0.1) is 0 Å². The fourth-order valence-corrected chi connectivity index (χ4v) is 3.02. The van der Waals surface area contributed by atoms with Crippen molar-refractivity contribution >= 4 is 34.2 Å². The van der Waals surface area contributed by atoms with Gasteiger partial charge in [0.25, 0.3) is 5.91 Å². The van der Waals surface area contributed by atoms with E-state index in [0.29, 0.717) is 10.6 Å². The number of anilines is 1. The van der Waals surface area contributed by atoms with Crippen LogP contribution in [-0.2, 0) is 22.5 Å². The molecule has 0 bridgehead atoms. The molecular weight excluding hydrogens is 334 g/mol. The number of ether oxygens (including phenoxy) is 1. The van der Waals surface area contributed by atoms with Crippen LogP contribution >= 0.6 is 11.3 Å². The predicted octanol–water partition coefficient (Wildman–Crippen LogP) is 2.02. The van der Waals surface area contributed by atoms with Gasteiger partial charge in [0.05, 0.1) is 25.6 Å². The van der Waals surface area contributed by atoms with Gasteiger partial charge in [0, 0.05) is 11.1 Å². The number of nitrogens with one attached hydrogen (secondary N) is 1. The minimum Gasteiger partial charge on any atom is -0.481 e. The maximum atomic E-state index is 12.4. The van der Waals surface area contributed by atoms with Crippen molar-refractivity contribution in [3.8, 4) is 0 Å². The first-order valence-electron chi connectivity index (χ1n) is 7.22. The minimum absolute atomic E-state index is 0.0829. The number of carbonyl (C=O) groups is 3. The minimum atomic E-state index is -0.976. The van der Waals surface area contributed by atoms with Crippen molar-refractivity contribution in [1.29, 1.82) is 0 Å². The smallest absolute Gasteiger partial charge is 0.340 e. The number of aromatic nitrogens is 2. The summed E-state index contributed by atoms with van der Waals surface area (Å²) in [4.78, 5) is 35.9. The number of carboxylic acid groups (broad SMARTS) is 1. The molecule has 2 rings (SSSR count). The number of esters is 1. The van der Waals surface area contributed by atoms with Gasteiger partial charge in [-0.25, -0.2) is 4.79 Å². The van der Waals surface area contributed by atoms with Crippen LogP contribution < -0.4 is 5.32 Å². The van der Waals surface area contributed by atoms with Gasteiger partial charge in [-0.05, 0) is 18.6 Å². The molecule has 1 amide bonds. The highest BCUT2D eigenvalue weighted by Crippen LogP contribution is 2.29. The highest BCUT2D eigenvalue weighted by molar-refractivity contribution is 7.16. The second-order valence-corrected chi connectivity index (χ2v) is 5.97. The molecule has 0 fully saturated rings. The number of hydrogen-bond donors (Lipinski definition) is 2. The highest BCUT2D eigenvalue weighted by atomic mass is 32.1. The van der Waals surface area contributed by atoms with Crippen LogP contribution in [0.4, 0.5) is 5.00 Å². The second kappa shape index (κ2) is 7.73. The Kier molecular flexibility index (Phi) is 5.69. The van der Waals surface area contributed by atoms with Crippen molar-refractivity contribution in [3.05, 3.63) is 34.5 Å². The SMILES string of the molecule is CCc1cc(C(=O)OC)c(NC(=O)c2ccnn2CCC(=O)O)s1. The Labute approximate surface area is 142 Å². The number of methoxy groups -OCH3 is 1. The third-order valence-corrected chi connectivity index (χ3v) is 4.45. The highest BCUT2D eigenvalue weighted by Gasteiger charge is 2.20. The number of thiophene rings is 1. The number of carbonyl (C=O) groups excluding carboxylic acids is 2. The summed E-state index contributed by atoms with van der Waals surface area (Å²) >= 11 is 1.30. The lowest BCUT2D eigenvalue weighted by molar-refractivity contribution is -0.137. The third kappa shape index (κ3) is 3.99. The van der Waals surface area contributed by atoms with E-state index in [-0.39, 0.29) is 18.7 Å². The topological polar surface area (TPSA) is 111 Å². The molecular formula is C15H17N3O5S. The maximum Gasteiger partial charge on any atom is 0.340 e. The Bertz CT molecular complexity index is 765. The standard InChI is InChI=1S/C15H17N3O5S/c1-3-9-8-10(15(22)23-2)14(24-9)17-13(21)11-4-6-16-18(11)7-5-12(19)20/h4,6,8H,3,5,7H2,1-2H3,(H,17,21)(H,19,20). The fraction of sp³-hybridized carbons (Fsp3) is 0.333. The van der Waals surface area contributed by atoms with E-state index in [9.17, 15) is 14.4 Å².